The molecule has 5 unspecified atom stereocenters. The number of aliphatic imine (C=N–C) groups is 1. The second kappa shape index (κ2) is 9.26. The first-order valence-electron chi connectivity index (χ1n) is 10.9. The normalized spacial score (nSPS) is 33.1. The molecular weight excluding hydrogens is 372 g/mol. The van der Waals surface area contributed by atoms with Crippen LogP contribution in [-0.2, 0) is 19.1 Å². The van der Waals surface area contributed by atoms with Crippen LogP contribution in [0, 0.1) is 23.7 Å². The number of nitrogens with one attached hydrogen (secondary N) is 2. The van der Waals surface area contributed by atoms with E-state index in [9.17, 15) is 9.59 Å². The van der Waals surface area contributed by atoms with Gasteiger partial charge in [0, 0.05) is 39.9 Å². The van der Waals surface area contributed by atoms with Crippen LogP contribution in [0.4, 0.5) is 0 Å². The molecule has 2 amide bonds. The molecule has 0 radical (unpaired) electrons. The second-order valence-corrected chi connectivity index (χ2v) is 8.32. The van der Waals surface area contributed by atoms with Crippen molar-refractivity contribution in [1.29, 1.82) is 0 Å². The third-order valence-electron chi connectivity index (χ3n) is 6.50. The summed E-state index contributed by atoms with van der Waals surface area (Å²) in [5, 5.41) is 6.43. The zero-order valence-corrected chi connectivity index (χ0v) is 17.1. The minimum atomic E-state index is -0.121. The summed E-state index contributed by atoms with van der Waals surface area (Å²) in [6.45, 7) is 3.82. The van der Waals surface area contributed by atoms with E-state index >= 15 is 0 Å². The van der Waals surface area contributed by atoms with Crippen molar-refractivity contribution < 1.29 is 19.1 Å². The van der Waals surface area contributed by atoms with Crippen LogP contribution >= 0.6 is 0 Å². The Hall–Kier alpha value is -1.93. The number of guanidine groups is 1. The maximum absolute atomic E-state index is 12.7. The SMILES string of the molecule is CN=C(NCCCOCC1CCCO1)NCCN1C(=O)C2C3C=CC(C3)C2C1=O. The van der Waals surface area contributed by atoms with E-state index in [1.54, 1.807) is 7.05 Å². The first-order chi connectivity index (χ1) is 14.2. The Morgan fingerprint density at radius 1 is 1.21 bits per heavy atom. The van der Waals surface area contributed by atoms with Gasteiger partial charge in [-0.1, -0.05) is 12.2 Å². The lowest BCUT2D eigenvalue weighted by atomic mass is 9.85. The molecule has 2 aliphatic carbocycles. The molecule has 2 N–H and O–H groups in total. The highest BCUT2D eigenvalue weighted by molar-refractivity contribution is 6.06. The van der Waals surface area contributed by atoms with Gasteiger partial charge in [0.15, 0.2) is 5.96 Å². The van der Waals surface area contributed by atoms with Gasteiger partial charge in [-0.05, 0) is 37.5 Å². The molecule has 2 bridgehead atoms. The average Bonchev–Trinajstić information content (AvgIpc) is 3.50. The van der Waals surface area contributed by atoms with Crippen LogP contribution < -0.4 is 10.6 Å². The number of imide groups is 1. The van der Waals surface area contributed by atoms with E-state index in [1.807, 2.05) is 0 Å². The van der Waals surface area contributed by atoms with E-state index in [0.717, 1.165) is 38.8 Å². The third kappa shape index (κ3) is 4.33. The van der Waals surface area contributed by atoms with Gasteiger partial charge >= 0.3 is 0 Å². The highest BCUT2D eigenvalue weighted by Crippen LogP contribution is 2.52. The summed E-state index contributed by atoms with van der Waals surface area (Å²) in [6, 6.07) is 0. The third-order valence-corrected chi connectivity index (χ3v) is 6.50. The molecule has 4 rings (SSSR count). The smallest absolute Gasteiger partial charge is 0.233 e. The minimum absolute atomic E-state index is 0.00462. The molecule has 2 aliphatic heterocycles. The van der Waals surface area contributed by atoms with Crippen molar-refractivity contribution in [1.82, 2.24) is 15.5 Å². The van der Waals surface area contributed by atoms with E-state index in [0.29, 0.717) is 32.3 Å². The highest BCUT2D eigenvalue weighted by atomic mass is 16.5. The lowest BCUT2D eigenvalue weighted by molar-refractivity contribution is -0.140. The Morgan fingerprint density at radius 2 is 1.93 bits per heavy atom. The Kier molecular flexibility index (Phi) is 6.50. The van der Waals surface area contributed by atoms with Crippen molar-refractivity contribution in [2.45, 2.75) is 31.8 Å². The quantitative estimate of drug-likeness (QED) is 0.192. The molecule has 5 atom stereocenters. The number of fused-ring (bicyclic) bond motifs is 5. The Morgan fingerprint density at radius 3 is 2.59 bits per heavy atom. The van der Waals surface area contributed by atoms with E-state index in [4.69, 9.17) is 9.47 Å². The lowest BCUT2D eigenvalue weighted by Crippen LogP contribution is -2.44. The van der Waals surface area contributed by atoms with Crippen LogP contribution in [0.3, 0.4) is 0 Å². The number of nitrogens with zero attached hydrogens (tertiary/aromatic N) is 2. The van der Waals surface area contributed by atoms with Gasteiger partial charge in [0.2, 0.25) is 11.8 Å². The van der Waals surface area contributed by atoms with Crippen molar-refractivity contribution in [2.24, 2.45) is 28.7 Å². The number of ether oxygens (including phenoxy) is 2. The Bertz CT molecular complexity index is 644. The largest absolute Gasteiger partial charge is 0.379 e. The molecule has 0 aromatic heterocycles. The fourth-order valence-corrected chi connectivity index (χ4v) is 5.06. The Labute approximate surface area is 172 Å². The summed E-state index contributed by atoms with van der Waals surface area (Å²) in [6.07, 6.45) is 8.56. The van der Waals surface area contributed by atoms with Crippen molar-refractivity contribution in [2.75, 3.05) is 46.5 Å². The number of amides is 2. The van der Waals surface area contributed by atoms with Gasteiger partial charge in [0.1, 0.15) is 0 Å². The topological polar surface area (TPSA) is 92.3 Å². The lowest BCUT2D eigenvalue weighted by Gasteiger charge is -2.18. The number of allylic oxidation sites excluding steroid dienone is 2. The molecule has 0 aromatic rings. The second-order valence-electron chi connectivity index (χ2n) is 8.32. The fourth-order valence-electron chi connectivity index (χ4n) is 5.06. The predicted octanol–water partition coefficient (Wildman–Crippen LogP) is 0.544. The maximum atomic E-state index is 12.7. The van der Waals surface area contributed by atoms with Crippen LogP contribution in [0.5, 0.6) is 0 Å². The summed E-state index contributed by atoms with van der Waals surface area (Å²) in [4.78, 5) is 31.0. The van der Waals surface area contributed by atoms with Gasteiger partial charge in [0.25, 0.3) is 0 Å². The molecule has 2 heterocycles. The van der Waals surface area contributed by atoms with Crippen molar-refractivity contribution in [3.63, 3.8) is 0 Å². The summed E-state index contributed by atoms with van der Waals surface area (Å²) in [5.74, 6) is 0.960. The van der Waals surface area contributed by atoms with Gasteiger partial charge in [-0.15, -0.1) is 0 Å². The van der Waals surface area contributed by atoms with Crippen molar-refractivity contribution in [3.8, 4) is 0 Å². The van der Waals surface area contributed by atoms with E-state index < -0.39 is 0 Å². The molecule has 160 valence electrons. The van der Waals surface area contributed by atoms with E-state index in [-0.39, 0.29) is 41.6 Å². The van der Waals surface area contributed by atoms with Gasteiger partial charge in [-0.3, -0.25) is 19.5 Å². The number of carbonyl (C=O) groups is 2. The van der Waals surface area contributed by atoms with Crippen molar-refractivity contribution in [3.05, 3.63) is 12.2 Å². The summed E-state index contributed by atoms with van der Waals surface area (Å²) in [7, 11) is 1.71. The number of hydrogen-bond acceptors (Lipinski definition) is 5. The molecule has 0 spiro atoms. The molecule has 2 saturated heterocycles. The summed E-state index contributed by atoms with van der Waals surface area (Å²) >= 11 is 0. The molecule has 1 saturated carbocycles. The number of rotatable bonds is 9. The Balaban J connectivity index is 1.11. The molecule has 29 heavy (non-hydrogen) atoms. The first-order valence-corrected chi connectivity index (χ1v) is 10.9. The van der Waals surface area contributed by atoms with Crippen LogP contribution in [0.2, 0.25) is 0 Å². The molecule has 0 aromatic carbocycles. The summed E-state index contributed by atoms with van der Waals surface area (Å²) < 4.78 is 11.2. The average molecular weight is 405 g/mol. The van der Waals surface area contributed by atoms with Crippen LogP contribution in [0.15, 0.2) is 17.1 Å². The standard InChI is InChI=1S/C21H32N4O4/c1-22-21(23-7-3-10-28-13-16-4-2-11-29-16)24-8-9-25-19(26)17-14-5-6-15(12-14)18(17)20(25)27/h5-6,14-18H,2-4,7-13H2,1H3,(H2,22,23,24). The van der Waals surface area contributed by atoms with E-state index in [1.165, 1.54) is 4.90 Å². The molecule has 8 heteroatoms. The van der Waals surface area contributed by atoms with Gasteiger partial charge in [-0.25, -0.2) is 0 Å². The van der Waals surface area contributed by atoms with Crippen LogP contribution in [0.25, 0.3) is 0 Å². The maximum Gasteiger partial charge on any atom is 0.233 e. The molecule has 3 fully saturated rings. The minimum Gasteiger partial charge on any atom is -0.379 e. The van der Waals surface area contributed by atoms with Crippen LogP contribution in [0.1, 0.15) is 25.7 Å². The van der Waals surface area contributed by atoms with Crippen molar-refractivity contribution >= 4 is 17.8 Å². The zero-order valence-electron chi connectivity index (χ0n) is 17.1. The fraction of sp³-hybridized carbons (Fsp3) is 0.762. The van der Waals surface area contributed by atoms with Gasteiger partial charge in [-0.2, -0.15) is 0 Å². The molecular formula is C21H32N4O4. The van der Waals surface area contributed by atoms with Crippen LogP contribution in [-0.4, -0.2) is 75.3 Å². The molecule has 8 nitrogen and oxygen atoms in total. The zero-order chi connectivity index (χ0) is 20.2. The number of carbonyl (C=O) groups excluding carboxylic acids is 2. The number of likely N-dealkylation sites (tertiary alicyclic amines) is 1. The van der Waals surface area contributed by atoms with Gasteiger partial charge < -0.3 is 20.1 Å². The van der Waals surface area contributed by atoms with Gasteiger partial charge in [0.05, 0.1) is 24.5 Å². The molecule has 4 aliphatic rings. The highest BCUT2D eigenvalue weighted by Gasteiger charge is 2.58. The number of hydrogen-bond donors (Lipinski definition) is 2. The summed E-state index contributed by atoms with van der Waals surface area (Å²) in [5.41, 5.74) is 0. The monoisotopic (exact) mass is 404 g/mol. The first kappa shape index (κ1) is 20.3. The predicted molar refractivity (Wildman–Crippen MR) is 108 cm³/mol. The van der Waals surface area contributed by atoms with E-state index in [2.05, 4.69) is 27.8 Å².